The molecule has 2 aromatic rings. The Morgan fingerprint density at radius 2 is 1.72 bits per heavy atom. The normalized spacial score (nSPS) is 16.0. The van der Waals surface area contributed by atoms with Crippen LogP contribution >= 0.6 is 0 Å². The minimum absolute atomic E-state index is 0.165. The summed E-state index contributed by atoms with van der Waals surface area (Å²) in [4.78, 5) is 25.3. The average Bonchev–Trinajstić information content (AvgIpc) is 2.63. The lowest BCUT2D eigenvalue weighted by Crippen LogP contribution is -2.40. The molecule has 1 heterocycles. The maximum absolute atomic E-state index is 12.7. The topological polar surface area (TPSA) is 88.1 Å². The Kier molecular flexibility index (Phi) is 4.22. The summed E-state index contributed by atoms with van der Waals surface area (Å²) in [7, 11) is 4.73. The summed E-state index contributed by atoms with van der Waals surface area (Å²) in [5, 5.41) is 12.3. The number of carbonyl (C=O) groups is 2. The molecule has 2 N–H and O–H groups in total. The number of benzene rings is 2. The van der Waals surface area contributed by atoms with E-state index in [-0.39, 0.29) is 11.5 Å². The number of nitrogens with zero attached hydrogens (tertiary/aromatic N) is 1. The molecule has 0 aliphatic carbocycles. The van der Waals surface area contributed by atoms with Gasteiger partial charge in [-0.15, -0.1) is 0 Å². The number of rotatable bonds is 4. The molecule has 0 aromatic heterocycles. The van der Waals surface area contributed by atoms with Gasteiger partial charge in [0.25, 0.3) is 5.91 Å². The van der Waals surface area contributed by atoms with E-state index in [0.29, 0.717) is 22.7 Å². The van der Waals surface area contributed by atoms with Crippen molar-refractivity contribution in [1.29, 1.82) is 0 Å². The Hall–Kier alpha value is -3.22. The van der Waals surface area contributed by atoms with Gasteiger partial charge in [0.05, 0.1) is 31.0 Å². The van der Waals surface area contributed by atoms with E-state index in [1.807, 2.05) is 0 Å². The fraction of sp³-hybridized carbons (Fsp3) is 0.222. The molecule has 0 saturated heterocycles. The van der Waals surface area contributed by atoms with Crippen LogP contribution in [0.2, 0.25) is 0 Å². The van der Waals surface area contributed by atoms with Crippen LogP contribution in [0.5, 0.6) is 11.5 Å². The molecule has 7 heteroatoms. The lowest BCUT2D eigenvalue weighted by molar-refractivity contribution is 0.0693. The lowest BCUT2D eigenvalue weighted by Gasteiger charge is -2.36. The Labute approximate surface area is 144 Å². The van der Waals surface area contributed by atoms with Crippen LogP contribution in [0.15, 0.2) is 36.4 Å². The molecule has 0 saturated carbocycles. The molecule has 0 bridgehead atoms. The maximum Gasteiger partial charge on any atom is 0.335 e. The molecular weight excluding hydrogens is 324 g/mol. The van der Waals surface area contributed by atoms with E-state index in [1.54, 1.807) is 36.2 Å². The van der Waals surface area contributed by atoms with Gasteiger partial charge in [-0.05, 0) is 23.8 Å². The minimum atomic E-state index is -0.991. The van der Waals surface area contributed by atoms with E-state index in [9.17, 15) is 9.59 Å². The number of hydrogen-bond donors (Lipinski definition) is 2. The van der Waals surface area contributed by atoms with Gasteiger partial charge in [-0.3, -0.25) is 4.79 Å². The zero-order valence-corrected chi connectivity index (χ0v) is 14.1. The van der Waals surface area contributed by atoms with Crippen LogP contribution in [0.1, 0.15) is 32.4 Å². The second-order valence-corrected chi connectivity index (χ2v) is 5.64. The summed E-state index contributed by atoms with van der Waals surface area (Å²) in [5.41, 5.74) is 2.09. The molecule has 2 aromatic carbocycles. The van der Waals surface area contributed by atoms with Crippen LogP contribution in [0.4, 0.5) is 5.69 Å². The largest absolute Gasteiger partial charge is 0.493 e. The van der Waals surface area contributed by atoms with Gasteiger partial charge in [0.1, 0.15) is 6.17 Å². The maximum atomic E-state index is 12.7. The average molecular weight is 342 g/mol. The van der Waals surface area contributed by atoms with Crippen LogP contribution in [0.25, 0.3) is 0 Å². The molecule has 1 aliphatic rings. The number of fused-ring (bicyclic) bond motifs is 1. The number of ether oxygens (including phenoxy) is 2. The van der Waals surface area contributed by atoms with Gasteiger partial charge in [-0.25, -0.2) is 4.79 Å². The Bertz CT molecular complexity index is 832. The Morgan fingerprint density at radius 1 is 1.12 bits per heavy atom. The van der Waals surface area contributed by atoms with Crippen LogP contribution in [0.3, 0.4) is 0 Å². The SMILES string of the molecule is COc1cc2c(cc1OC)C(=O)N(C)[C@H](c1ccc(C(=O)O)cc1)N2. The molecule has 0 unspecified atom stereocenters. The van der Waals surface area contributed by atoms with E-state index >= 15 is 0 Å². The number of methoxy groups -OCH3 is 2. The Balaban J connectivity index is 2.00. The number of anilines is 1. The van der Waals surface area contributed by atoms with E-state index < -0.39 is 12.1 Å². The van der Waals surface area contributed by atoms with E-state index in [4.69, 9.17) is 14.6 Å². The number of carboxylic acids is 1. The third-order valence-electron chi connectivity index (χ3n) is 4.23. The highest BCUT2D eigenvalue weighted by atomic mass is 16.5. The van der Waals surface area contributed by atoms with Gasteiger partial charge in [0.15, 0.2) is 11.5 Å². The smallest absolute Gasteiger partial charge is 0.335 e. The van der Waals surface area contributed by atoms with Crippen molar-refractivity contribution in [3.63, 3.8) is 0 Å². The second kappa shape index (κ2) is 6.35. The van der Waals surface area contributed by atoms with E-state index in [1.165, 1.54) is 26.4 Å². The quantitative estimate of drug-likeness (QED) is 0.888. The first-order valence-corrected chi connectivity index (χ1v) is 7.59. The first-order valence-electron chi connectivity index (χ1n) is 7.59. The van der Waals surface area contributed by atoms with Gasteiger partial charge in [0.2, 0.25) is 0 Å². The van der Waals surface area contributed by atoms with Gasteiger partial charge in [-0.2, -0.15) is 0 Å². The highest BCUT2D eigenvalue weighted by Gasteiger charge is 2.31. The summed E-state index contributed by atoms with van der Waals surface area (Å²) in [6, 6.07) is 9.78. The van der Waals surface area contributed by atoms with Crippen molar-refractivity contribution in [3.8, 4) is 11.5 Å². The van der Waals surface area contributed by atoms with Crippen LogP contribution < -0.4 is 14.8 Å². The number of amides is 1. The van der Waals surface area contributed by atoms with E-state index in [0.717, 1.165) is 5.56 Å². The zero-order chi connectivity index (χ0) is 18.1. The minimum Gasteiger partial charge on any atom is -0.493 e. The zero-order valence-electron chi connectivity index (χ0n) is 14.1. The summed E-state index contributed by atoms with van der Waals surface area (Å²) in [5.74, 6) is -0.156. The molecule has 3 rings (SSSR count). The van der Waals surface area contributed by atoms with Crippen molar-refractivity contribution in [2.45, 2.75) is 6.17 Å². The fourth-order valence-corrected chi connectivity index (χ4v) is 2.84. The molecule has 130 valence electrons. The van der Waals surface area contributed by atoms with Gasteiger partial charge < -0.3 is 24.8 Å². The van der Waals surface area contributed by atoms with Gasteiger partial charge >= 0.3 is 5.97 Å². The second-order valence-electron chi connectivity index (χ2n) is 5.64. The first-order chi connectivity index (χ1) is 12.0. The van der Waals surface area contributed by atoms with Crippen LogP contribution in [-0.2, 0) is 0 Å². The summed E-state index contributed by atoms with van der Waals surface area (Å²) in [6.45, 7) is 0. The first kappa shape index (κ1) is 16.6. The number of carboxylic acid groups (broad SMARTS) is 1. The molecule has 1 atom stereocenters. The van der Waals surface area contributed by atoms with Crippen molar-refractivity contribution in [3.05, 3.63) is 53.1 Å². The van der Waals surface area contributed by atoms with Crippen LogP contribution in [-0.4, -0.2) is 43.2 Å². The van der Waals surface area contributed by atoms with Gasteiger partial charge in [-0.1, -0.05) is 12.1 Å². The molecule has 0 spiro atoms. The summed E-state index contributed by atoms with van der Waals surface area (Å²) >= 11 is 0. The number of nitrogens with one attached hydrogen (secondary N) is 1. The molecular formula is C18H18N2O5. The lowest BCUT2D eigenvalue weighted by atomic mass is 10.0. The molecule has 0 fully saturated rings. The highest BCUT2D eigenvalue weighted by Crippen LogP contribution is 2.39. The van der Waals surface area contributed by atoms with Crippen molar-refractivity contribution in [2.75, 3.05) is 26.6 Å². The van der Waals surface area contributed by atoms with Crippen molar-refractivity contribution in [1.82, 2.24) is 4.90 Å². The predicted molar refractivity (Wildman–Crippen MR) is 91.4 cm³/mol. The van der Waals surface area contributed by atoms with Gasteiger partial charge in [0, 0.05) is 13.1 Å². The highest BCUT2D eigenvalue weighted by molar-refractivity contribution is 6.02. The monoisotopic (exact) mass is 342 g/mol. The van der Waals surface area contributed by atoms with Crippen molar-refractivity contribution < 1.29 is 24.2 Å². The van der Waals surface area contributed by atoms with E-state index in [2.05, 4.69) is 5.32 Å². The molecule has 1 aliphatic heterocycles. The molecule has 25 heavy (non-hydrogen) atoms. The Morgan fingerprint density at radius 3 is 2.28 bits per heavy atom. The molecule has 1 amide bonds. The predicted octanol–water partition coefficient (Wildman–Crippen LogP) is 2.60. The number of aromatic carboxylic acids is 1. The molecule has 0 radical (unpaired) electrons. The third kappa shape index (κ3) is 2.84. The molecule has 7 nitrogen and oxygen atoms in total. The summed E-state index contributed by atoms with van der Waals surface area (Å²) in [6.07, 6.45) is -0.416. The van der Waals surface area contributed by atoms with Crippen molar-refractivity contribution >= 4 is 17.6 Å². The van der Waals surface area contributed by atoms with Crippen LogP contribution in [0, 0.1) is 0 Å². The summed E-state index contributed by atoms with van der Waals surface area (Å²) < 4.78 is 10.5. The fourth-order valence-electron chi connectivity index (χ4n) is 2.84. The third-order valence-corrected chi connectivity index (χ3v) is 4.23. The number of hydrogen-bond acceptors (Lipinski definition) is 5. The van der Waals surface area contributed by atoms with Crippen molar-refractivity contribution in [2.24, 2.45) is 0 Å². The number of carbonyl (C=O) groups excluding carboxylic acids is 1. The standard InChI is InChI=1S/C18H18N2O5/c1-20-16(10-4-6-11(7-5-10)18(22)23)19-13-9-15(25-3)14(24-2)8-12(13)17(20)21/h4-9,16,19H,1-3H3,(H,22,23)/t16-/m1/s1.